The topological polar surface area (TPSA) is 20.2 Å². The second-order valence-electron chi connectivity index (χ2n) is 2.86. The molecule has 1 aromatic rings. The summed E-state index contributed by atoms with van der Waals surface area (Å²) in [5.41, 5.74) is 1.06. The molecule has 0 unspecified atom stereocenters. The minimum absolute atomic E-state index is 0.473. The molecular formula is C11H13FOS. The summed E-state index contributed by atoms with van der Waals surface area (Å²) in [7, 11) is 0. The van der Waals surface area contributed by atoms with E-state index in [2.05, 4.69) is 0 Å². The fourth-order valence-electron chi connectivity index (χ4n) is 1.09. The van der Waals surface area contributed by atoms with Crippen LogP contribution in [-0.2, 0) is 6.42 Å². The van der Waals surface area contributed by atoms with Crippen LogP contribution in [0.5, 0.6) is 0 Å². The van der Waals surface area contributed by atoms with Gasteiger partial charge in [0.05, 0.1) is 6.61 Å². The Morgan fingerprint density at radius 3 is 3.00 bits per heavy atom. The zero-order valence-electron chi connectivity index (χ0n) is 8.03. The average Bonchev–Trinajstić information content (AvgIpc) is 2.26. The van der Waals surface area contributed by atoms with Crippen molar-refractivity contribution in [2.24, 2.45) is 0 Å². The number of rotatable bonds is 4. The Morgan fingerprint density at radius 2 is 2.36 bits per heavy atom. The third-order valence-electron chi connectivity index (χ3n) is 1.84. The van der Waals surface area contributed by atoms with E-state index in [0.717, 1.165) is 5.56 Å². The standard InChI is InChI=1S/C11H13FOS/c1-14-11-4-2-3-9(7-11)5-6-10(12)8-13/h2-4,6-7,13H,5,8H2,1H3/b10-6-. The third kappa shape index (κ3) is 3.52. The zero-order chi connectivity index (χ0) is 10.4. The van der Waals surface area contributed by atoms with Crippen molar-refractivity contribution in [1.29, 1.82) is 0 Å². The van der Waals surface area contributed by atoms with Gasteiger partial charge in [-0.05, 0) is 36.4 Å². The second-order valence-corrected chi connectivity index (χ2v) is 3.74. The molecule has 1 aromatic carbocycles. The van der Waals surface area contributed by atoms with Gasteiger partial charge in [-0.15, -0.1) is 11.8 Å². The monoisotopic (exact) mass is 212 g/mol. The smallest absolute Gasteiger partial charge is 0.122 e. The van der Waals surface area contributed by atoms with Crippen LogP contribution in [0, 0.1) is 0 Å². The van der Waals surface area contributed by atoms with Gasteiger partial charge in [-0.2, -0.15) is 0 Å². The predicted molar refractivity (Wildman–Crippen MR) is 58.2 cm³/mol. The van der Waals surface area contributed by atoms with Crippen LogP contribution in [-0.4, -0.2) is 18.0 Å². The van der Waals surface area contributed by atoms with E-state index < -0.39 is 12.4 Å². The molecule has 0 aliphatic carbocycles. The largest absolute Gasteiger partial charge is 0.389 e. The van der Waals surface area contributed by atoms with Crippen molar-refractivity contribution in [3.63, 3.8) is 0 Å². The molecule has 0 fully saturated rings. The first kappa shape index (κ1) is 11.3. The number of aliphatic hydroxyl groups excluding tert-OH is 1. The summed E-state index contributed by atoms with van der Waals surface area (Å²) in [6, 6.07) is 7.93. The molecule has 3 heteroatoms. The second kappa shape index (κ2) is 5.83. The normalized spacial score (nSPS) is 11.8. The number of halogens is 1. The molecule has 1 N–H and O–H groups in total. The van der Waals surface area contributed by atoms with Gasteiger partial charge in [-0.1, -0.05) is 12.1 Å². The molecule has 14 heavy (non-hydrogen) atoms. The maximum absolute atomic E-state index is 12.6. The summed E-state index contributed by atoms with van der Waals surface area (Å²) in [5.74, 6) is -0.473. The number of allylic oxidation sites excluding steroid dienone is 1. The van der Waals surface area contributed by atoms with Crippen molar-refractivity contribution in [3.05, 3.63) is 41.7 Å². The first-order valence-electron chi connectivity index (χ1n) is 4.34. The number of aliphatic hydroxyl groups is 1. The minimum atomic E-state index is -0.512. The van der Waals surface area contributed by atoms with E-state index in [1.54, 1.807) is 11.8 Å². The summed E-state index contributed by atoms with van der Waals surface area (Å²) in [6.45, 7) is -0.512. The van der Waals surface area contributed by atoms with Crippen LogP contribution in [0.4, 0.5) is 4.39 Å². The van der Waals surface area contributed by atoms with Crippen molar-refractivity contribution in [1.82, 2.24) is 0 Å². The molecular weight excluding hydrogens is 199 g/mol. The third-order valence-corrected chi connectivity index (χ3v) is 2.57. The van der Waals surface area contributed by atoms with Gasteiger partial charge < -0.3 is 5.11 Å². The minimum Gasteiger partial charge on any atom is -0.389 e. The van der Waals surface area contributed by atoms with Gasteiger partial charge in [0.1, 0.15) is 5.83 Å². The van der Waals surface area contributed by atoms with E-state index >= 15 is 0 Å². The molecule has 0 aromatic heterocycles. The fraction of sp³-hybridized carbons (Fsp3) is 0.273. The summed E-state index contributed by atoms with van der Waals surface area (Å²) in [6.07, 6.45) is 3.93. The summed E-state index contributed by atoms with van der Waals surface area (Å²) >= 11 is 1.66. The lowest BCUT2D eigenvalue weighted by Crippen LogP contribution is -1.86. The fourth-order valence-corrected chi connectivity index (χ4v) is 1.58. The van der Waals surface area contributed by atoms with E-state index in [4.69, 9.17) is 5.11 Å². The Bertz CT molecular complexity index is 323. The van der Waals surface area contributed by atoms with E-state index in [9.17, 15) is 4.39 Å². The first-order valence-corrected chi connectivity index (χ1v) is 5.57. The van der Waals surface area contributed by atoms with Gasteiger partial charge >= 0.3 is 0 Å². The molecule has 0 spiro atoms. The van der Waals surface area contributed by atoms with Crippen molar-refractivity contribution >= 4 is 11.8 Å². The molecule has 0 aliphatic rings. The highest BCUT2D eigenvalue weighted by Gasteiger charge is 1.95. The lowest BCUT2D eigenvalue weighted by Gasteiger charge is -2.00. The van der Waals surface area contributed by atoms with E-state index in [-0.39, 0.29) is 0 Å². The van der Waals surface area contributed by atoms with Crippen molar-refractivity contribution < 1.29 is 9.50 Å². The highest BCUT2D eigenvalue weighted by atomic mass is 32.2. The van der Waals surface area contributed by atoms with E-state index in [0.29, 0.717) is 6.42 Å². The SMILES string of the molecule is CSc1cccc(C/C=C(\F)CO)c1. The van der Waals surface area contributed by atoms with Gasteiger partial charge in [-0.25, -0.2) is 4.39 Å². The number of hydrogen-bond donors (Lipinski definition) is 1. The summed E-state index contributed by atoms with van der Waals surface area (Å²) in [4.78, 5) is 1.17. The van der Waals surface area contributed by atoms with Gasteiger partial charge in [0, 0.05) is 4.90 Å². The van der Waals surface area contributed by atoms with E-state index in [1.807, 2.05) is 30.5 Å². The maximum atomic E-state index is 12.6. The van der Waals surface area contributed by atoms with Crippen LogP contribution in [0.25, 0.3) is 0 Å². The summed E-state index contributed by atoms with van der Waals surface area (Å²) < 4.78 is 12.6. The molecule has 76 valence electrons. The molecule has 0 amide bonds. The molecule has 0 heterocycles. The number of benzene rings is 1. The zero-order valence-corrected chi connectivity index (χ0v) is 8.85. The molecule has 0 saturated carbocycles. The highest BCUT2D eigenvalue weighted by Crippen LogP contribution is 2.16. The van der Waals surface area contributed by atoms with Crippen LogP contribution in [0.3, 0.4) is 0 Å². The molecule has 0 saturated heterocycles. The van der Waals surface area contributed by atoms with Gasteiger partial charge in [0.25, 0.3) is 0 Å². The molecule has 0 radical (unpaired) electrons. The average molecular weight is 212 g/mol. The lowest BCUT2D eigenvalue weighted by molar-refractivity contribution is 0.297. The van der Waals surface area contributed by atoms with Crippen LogP contribution in [0.1, 0.15) is 5.56 Å². The van der Waals surface area contributed by atoms with E-state index in [1.165, 1.54) is 11.0 Å². The quantitative estimate of drug-likeness (QED) is 0.774. The Hall–Kier alpha value is -0.800. The van der Waals surface area contributed by atoms with Crippen LogP contribution in [0.2, 0.25) is 0 Å². The molecule has 0 aliphatic heterocycles. The molecule has 1 nitrogen and oxygen atoms in total. The van der Waals surface area contributed by atoms with Gasteiger partial charge in [-0.3, -0.25) is 0 Å². The Balaban J connectivity index is 2.67. The predicted octanol–water partition coefficient (Wildman–Crippen LogP) is 2.80. The van der Waals surface area contributed by atoms with Gasteiger partial charge in [0.2, 0.25) is 0 Å². The Kier molecular flexibility index (Phi) is 4.70. The molecule has 1 rings (SSSR count). The van der Waals surface area contributed by atoms with Crippen LogP contribution >= 0.6 is 11.8 Å². The van der Waals surface area contributed by atoms with Gasteiger partial charge in [0.15, 0.2) is 0 Å². The molecule has 0 atom stereocenters. The first-order chi connectivity index (χ1) is 6.76. The maximum Gasteiger partial charge on any atom is 0.122 e. The summed E-state index contributed by atoms with van der Waals surface area (Å²) in [5, 5.41) is 8.47. The van der Waals surface area contributed by atoms with Crippen LogP contribution in [0.15, 0.2) is 41.1 Å². The van der Waals surface area contributed by atoms with Crippen LogP contribution < -0.4 is 0 Å². The Labute approximate surface area is 87.6 Å². The number of thioether (sulfide) groups is 1. The van der Waals surface area contributed by atoms with Crippen molar-refractivity contribution in [3.8, 4) is 0 Å². The lowest BCUT2D eigenvalue weighted by atomic mass is 10.1. The highest BCUT2D eigenvalue weighted by molar-refractivity contribution is 7.98. The van der Waals surface area contributed by atoms with Crippen molar-refractivity contribution in [2.75, 3.05) is 12.9 Å². The number of hydrogen-bond acceptors (Lipinski definition) is 2. The van der Waals surface area contributed by atoms with Crippen molar-refractivity contribution in [2.45, 2.75) is 11.3 Å². The Morgan fingerprint density at radius 1 is 1.57 bits per heavy atom. The molecule has 0 bridgehead atoms.